The van der Waals surface area contributed by atoms with E-state index in [1.807, 2.05) is 0 Å². The summed E-state index contributed by atoms with van der Waals surface area (Å²) < 4.78 is 50.4. The molecule has 0 unspecified atom stereocenters. The smallest absolute Gasteiger partial charge is 0.420 e. The summed E-state index contributed by atoms with van der Waals surface area (Å²) in [6.45, 7) is 0.0498. The van der Waals surface area contributed by atoms with Crippen molar-refractivity contribution in [1.29, 1.82) is 0 Å². The first-order chi connectivity index (χ1) is 17.1. The quantitative estimate of drug-likeness (QED) is 0.423. The number of alkyl halides is 3. The number of methoxy groups -OCH3 is 1. The molecule has 0 atom stereocenters. The Morgan fingerprint density at radius 3 is 2.44 bits per heavy atom. The largest absolute Gasteiger partial charge is 0.497 e. The van der Waals surface area contributed by atoms with Crippen molar-refractivity contribution >= 4 is 23.4 Å². The zero-order chi connectivity index (χ0) is 25.9. The molecule has 0 bridgehead atoms. The van der Waals surface area contributed by atoms with Gasteiger partial charge in [-0.15, -0.1) is 0 Å². The van der Waals surface area contributed by atoms with Crippen LogP contribution in [0.5, 0.6) is 17.2 Å². The third kappa shape index (κ3) is 5.85. The predicted molar refractivity (Wildman–Crippen MR) is 123 cm³/mol. The van der Waals surface area contributed by atoms with Gasteiger partial charge in [0, 0.05) is 11.8 Å². The molecule has 2 aromatic heterocycles. The third-order valence-corrected chi connectivity index (χ3v) is 5.68. The van der Waals surface area contributed by atoms with E-state index in [0.29, 0.717) is 18.5 Å². The molecule has 3 aromatic rings. The van der Waals surface area contributed by atoms with Crippen LogP contribution in [0.3, 0.4) is 0 Å². The lowest BCUT2D eigenvalue weighted by molar-refractivity contribution is -0.138. The average Bonchev–Trinajstić information content (AvgIpc) is 3.63. The SMILES string of the molecule is COc1ccc(Oc2ccc(CNC(=O)C3(NC(=O)c4ccnc(Cl)c4)CC3)nc2)c(C(F)(F)F)c1. The van der Waals surface area contributed by atoms with E-state index in [-0.39, 0.29) is 34.7 Å². The predicted octanol–water partition coefficient (Wildman–Crippen LogP) is 4.53. The molecule has 12 heteroatoms. The van der Waals surface area contributed by atoms with Crippen molar-refractivity contribution in [3.05, 3.63) is 76.8 Å². The first-order valence-corrected chi connectivity index (χ1v) is 11.1. The van der Waals surface area contributed by atoms with Crippen LogP contribution in [0.15, 0.2) is 54.9 Å². The van der Waals surface area contributed by atoms with Crippen molar-refractivity contribution in [3.8, 4) is 17.2 Å². The number of halogens is 4. The molecule has 8 nitrogen and oxygen atoms in total. The number of aromatic nitrogens is 2. The Morgan fingerprint density at radius 1 is 1.08 bits per heavy atom. The lowest BCUT2D eigenvalue weighted by Gasteiger charge is -2.17. The lowest BCUT2D eigenvalue weighted by atomic mass is 10.2. The molecule has 2 heterocycles. The van der Waals surface area contributed by atoms with Crippen LogP contribution >= 0.6 is 11.6 Å². The number of carbonyl (C=O) groups is 2. The summed E-state index contributed by atoms with van der Waals surface area (Å²) in [5, 5.41) is 5.62. The summed E-state index contributed by atoms with van der Waals surface area (Å²) in [4.78, 5) is 33.1. The van der Waals surface area contributed by atoms with E-state index in [1.54, 1.807) is 0 Å². The van der Waals surface area contributed by atoms with Gasteiger partial charge in [-0.2, -0.15) is 13.2 Å². The Bertz CT molecular complexity index is 1280. The van der Waals surface area contributed by atoms with E-state index in [2.05, 4.69) is 20.6 Å². The lowest BCUT2D eigenvalue weighted by Crippen LogP contribution is -2.48. The maximum atomic E-state index is 13.4. The monoisotopic (exact) mass is 520 g/mol. The van der Waals surface area contributed by atoms with Crippen LogP contribution in [0, 0.1) is 0 Å². The van der Waals surface area contributed by atoms with Crippen LogP contribution in [-0.2, 0) is 17.5 Å². The molecule has 1 fully saturated rings. The van der Waals surface area contributed by atoms with Crippen LogP contribution in [0.25, 0.3) is 0 Å². The topological polar surface area (TPSA) is 102 Å². The molecular formula is C24H20ClF3N4O4. The fraction of sp³-hybridized carbons (Fsp3) is 0.250. The first kappa shape index (κ1) is 25.2. The minimum absolute atomic E-state index is 0.0492. The van der Waals surface area contributed by atoms with Crippen LogP contribution in [0.4, 0.5) is 13.2 Å². The molecule has 1 saturated carbocycles. The molecule has 36 heavy (non-hydrogen) atoms. The van der Waals surface area contributed by atoms with Gasteiger partial charge in [0.25, 0.3) is 5.91 Å². The molecule has 2 N–H and O–H groups in total. The van der Waals surface area contributed by atoms with Gasteiger partial charge in [0.1, 0.15) is 33.5 Å². The Hall–Kier alpha value is -3.86. The Morgan fingerprint density at radius 2 is 1.83 bits per heavy atom. The van der Waals surface area contributed by atoms with Crippen LogP contribution in [-0.4, -0.2) is 34.4 Å². The molecule has 0 spiro atoms. The van der Waals surface area contributed by atoms with Crippen molar-refractivity contribution in [1.82, 2.24) is 20.6 Å². The van der Waals surface area contributed by atoms with E-state index in [0.717, 1.165) is 6.07 Å². The summed E-state index contributed by atoms with van der Waals surface area (Å²) in [5.41, 5.74) is -1.26. The number of ether oxygens (including phenoxy) is 2. The molecule has 0 radical (unpaired) electrons. The highest BCUT2D eigenvalue weighted by atomic mass is 35.5. The number of nitrogens with one attached hydrogen (secondary N) is 2. The summed E-state index contributed by atoms with van der Waals surface area (Å²) in [7, 11) is 1.27. The van der Waals surface area contributed by atoms with Gasteiger partial charge in [-0.25, -0.2) is 4.98 Å². The first-order valence-electron chi connectivity index (χ1n) is 10.7. The molecule has 188 valence electrons. The summed E-state index contributed by atoms with van der Waals surface area (Å²) >= 11 is 5.81. The summed E-state index contributed by atoms with van der Waals surface area (Å²) in [5.74, 6) is -1.07. The van der Waals surface area contributed by atoms with E-state index in [1.165, 1.54) is 55.9 Å². The van der Waals surface area contributed by atoms with Gasteiger partial charge >= 0.3 is 6.18 Å². The fourth-order valence-corrected chi connectivity index (χ4v) is 3.53. The van der Waals surface area contributed by atoms with E-state index < -0.39 is 28.9 Å². The van der Waals surface area contributed by atoms with Crippen LogP contribution in [0.2, 0.25) is 5.15 Å². The van der Waals surface area contributed by atoms with Crippen molar-refractivity contribution in [3.63, 3.8) is 0 Å². The molecule has 0 aliphatic heterocycles. The number of carbonyl (C=O) groups excluding carboxylic acids is 2. The summed E-state index contributed by atoms with van der Waals surface area (Å²) in [6, 6.07) is 9.23. The van der Waals surface area contributed by atoms with Gasteiger partial charge in [0.2, 0.25) is 5.91 Å². The van der Waals surface area contributed by atoms with E-state index in [9.17, 15) is 22.8 Å². The maximum absolute atomic E-state index is 13.4. The second-order valence-corrected chi connectivity index (χ2v) is 8.42. The number of nitrogens with zero attached hydrogens (tertiary/aromatic N) is 2. The highest BCUT2D eigenvalue weighted by Gasteiger charge is 2.51. The van der Waals surface area contributed by atoms with Gasteiger partial charge in [0.05, 0.1) is 25.5 Å². The molecule has 1 aliphatic rings. The maximum Gasteiger partial charge on any atom is 0.420 e. The van der Waals surface area contributed by atoms with Crippen LogP contribution in [0.1, 0.15) is 34.5 Å². The molecule has 1 aromatic carbocycles. The highest BCUT2D eigenvalue weighted by Crippen LogP contribution is 2.40. The molecular weight excluding hydrogens is 501 g/mol. The number of rotatable bonds is 8. The number of hydrogen-bond acceptors (Lipinski definition) is 6. The van der Waals surface area contributed by atoms with Crippen molar-refractivity contribution in [2.75, 3.05) is 7.11 Å². The number of hydrogen-bond donors (Lipinski definition) is 2. The molecule has 2 amide bonds. The van der Waals surface area contributed by atoms with Gasteiger partial charge in [-0.1, -0.05) is 11.6 Å². The fourth-order valence-electron chi connectivity index (χ4n) is 3.36. The third-order valence-electron chi connectivity index (χ3n) is 5.47. The molecule has 4 rings (SSSR count). The van der Waals surface area contributed by atoms with E-state index >= 15 is 0 Å². The molecule has 0 saturated heterocycles. The second kappa shape index (κ2) is 10.0. The standard InChI is InChI=1S/C24H20ClF3N4O4/c1-35-16-4-5-19(18(11-16)24(26,27)28)36-17-3-2-15(30-13-17)12-31-22(34)23(7-8-23)32-21(33)14-6-9-29-20(25)10-14/h2-6,9-11,13H,7-8,12H2,1H3,(H,31,34)(H,32,33). The molecule has 1 aliphatic carbocycles. The van der Waals surface area contributed by atoms with Crippen molar-refractivity contribution in [2.45, 2.75) is 31.1 Å². The average molecular weight is 521 g/mol. The minimum Gasteiger partial charge on any atom is -0.497 e. The van der Waals surface area contributed by atoms with E-state index in [4.69, 9.17) is 21.1 Å². The number of benzene rings is 1. The van der Waals surface area contributed by atoms with Crippen molar-refractivity contribution in [2.24, 2.45) is 0 Å². The zero-order valence-electron chi connectivity index (χ0n) is 18.9. The van der Waals surface area contributed by atoms with Crippen molar-refractivity contribution < 1.29 is 32.2 Å². The van der Waals surface area contributed by atoms with Gasteiger partial charge in [-0.05, 0) is 55.3 Å². The zero-order valence-corrected chi connectivity index (χ0v) is 19.6. The second-order valence-electron chi connectivity index (χ2n) is 8.03. The highest BCUT2D eigenvalue weighted by molar-refractivity contribution is 6.29. The number of pyridine rings is 2. The minimum atomic E-state index is -4.64. The van der Waals surface area contributed by atoms with Crippen LogP contribution < -0.4 is 20.1 Å². The Kier molecular flexibility index (Phi) is 7.02. The van der Waals surface area contributed by atoms with Gasteiger partial charge in [-0.3, -0.25) is 14.6 Å². The number of amides is 2. The normalized spacial score (nSPS) is 14.0. The summed E-state index contributed by atoms with van der Waals surface area (Å²) in [6.07, 6.45) is -1.03. The Labute approximate surface area is 208 Å². The van der Waals surface area contributed by atoms with Gasteiger partial charge < -0.3 is 20.1 Å². The Balaban J connectivity index is 1.36. The van der Waals surface area contributed by atoms with Gasteiger partial charge in [0.15, 0.2) is 0 Å².